The number of nitrogens with one attached hydrogen (secondary N) is 2. The van der Waals surface area contributed by atoms with E-state index in [0.29, 0.717) is 46.7 Å². The van der Waals surface area contributed by atoms with Gasteiger partial charge in [-0.3, -0.25) is 4.57 Å². The number of rotatable bonds is 10. The van der Waals surface area contributed by atoms with Crippen molar-refractivity contribution in [3.8, 4) is 34.5 Å². The zero-order chi connectivity index (χ0) is 29.3. The Morgan fingerprint density at radius 1 is 1.07 bits per heavy atom. The highest BCUT2D eigenvalue weighted by Gasteiger charge is 2.40. The SMILES string of the molecule is COc1ncnc(C2CC2)c1-c1ncc(C=N)c(NCc2ccc(-c3nc(C(F)(F)F)c(OC)n3C(C)C)cc2)n1. The highest BCUT2D eigenvalue weighted by Crippen LogP contribution is 2.45. The lowest BCUT2D eigenvalue weighted by atomic mass is 10.1. The van der Waals surface area contributed by atoms with Gasteiger partial charge in [-0.25, -0.2) is 24.9 Å². The van der Waals surface area contributed by atoms with Crippen LogP contribution < -0.4 is 14.8 Å². The van der Waals surface area contributed by atoms with Crippen molar-refractivity contribution in [2.45, 2.75) is 51.4 Å². The number of methoxy groups -OCH3 is 2. The maximum atomic E-state index is 13.6. The quantitative estimate of drug-likeness (QED) is 0.227. The van der Waals surface area contributed by atoms with Gasteiger partial charge in [0, 0.05) is 36.5 Å². The first-order valence-electron chi connectivity index (χ1n) is 13.0. The van der Waals surface area contributed by atoms with Gasteiger partial charge < -0.3 is 20.2 Å². The minimum atomic E-state index is -4.65. The molecule has 3 heterocycles. The van der Waals surface area contributed by atoms with Gasteiger partial charge in [-0.2, -0.15) is 13.2 Å². The van der Waals surface area contributed by atoms with Crippen LogP contribution >= 0.6 is 0 Å². The minimum Gasteiger partial charge on any atom is -0.481 e. The highest BCUT2D eigenvalue weighted by atomic mass is 19.4. The summed E-state index contributed by atoms with van der Waals surface area (Å²) < 4.78 is 52.9. The van der Waals surface area contributed by atoms with Crippen molar-refractivity contribution in [3.05, 3.63) is 59.3 Å². The summed E-state index contributed by atoms with van der Waals surface area (Å²) in [6.07, 6.45) is 1.58. The van der Waals surface area contributed by atoms with Crippen LogP contribution in [0.5, 0.6) is 11.8 Å². The average Bonchev–Trinajstić information content (AvgIpc) is 3.73. The summed E-state index contributed by atoms with van der Waals surface area (Å²) in [6, 6.07) is 6.72. The predicted octanol–water partition coefficient (Wildman–Crippen LogP) is 5.90. The van der Waals surface area contributed by atoms with E-state index in [4.69, 9.17) is 14.9 Å². The zero-order valence-corrected chi connectivity index (χ0v) is 23.0. The number of hydrogen-bond acceptors (Lipinski definition) is 9. The molecule has 0 amide bonds. The van der Waals surface area contributed by atoms with Crippen LogP contribution in [-0.2, 0) is 12.7 Å². The number of benzene rings is 1. The van der Waals surface area contributed by atoms with Crippen LogP contribution in [0.1, 0.15) is 61.2 Å². The molecule has 0 unspecified atom stereocenters. The normalized spacial score (nSPS) is 13.4. The number of anilines is 1. The van der Waals surface area contributed by atoms with Crippen LogP contribution in [0.25, 0.3) is 22.8 Å². The van der Waals surface area contributed by atoms with Gasteiger partial charge in [0.25, 0.3) is 0 Å². The Kier molecular flexibility index (Phi) is 7.61. The van der Waals surface area contributed by atoms with Crippen molar-refractivity contribution < 1.29 is 22.6 Å². The summed E-state index contributed by atoms with van der Waals surface area (Å²) in [5.74, 6) is 1.37. The molecule has 10 nitrogen and oxygen atoms in total. The maximum Gasteiger partial charge on any atom is 0.438 e. The summed E-state index contributed by atoms with van der Waals surface area (Å²) in [5, 5.41) is 11.1. The number of alkyl halides is 3. The van der Waals surface area contributed by atoms with Crippen molar-refractivity contribution in [1.29, 1.82) is 5.41 Å². The van der Waals surface area contributed by atoms with E-state index < -0.39 is 11.9 Å². The van der Waals surface area contributed by atoms with Crippen LogP contribution in [0.2, 0.25) is 0 Å². The fourth-order valence-electron chi connectivity index (χ4n) is 4.61. The number of aromatic nitrogens is 6. The second-order valence-corrected chi connectivity index (χ2v) is 9.86. The summed E-state index contributed by atoms with van der Waals surface area (Å²) in [5.41, 5.74) is 2.26. The number of halogens is 3. The van der Waals surface area contributed by atoms with E-state index in [1.807, 2.05) is 0 Å². The molecule has 0 saturated heterocycles. The molecule has 13 heteroatoms. The van der Waals surface area contributed by atoms with Crippen LogP contribution in [0, 0.1) is 5.41 Å². The molecule has 1 aliphatic rings. The molecular formula is C28H29F3N8O2. The molecule has 3 aromatic heterocycles. The molecule has 41 heavy (non-hydrogen) atoms. The number of imidazole rings is 1. The van der Waals surface area contributed by atoms with Crippen LogP contribution in [0.4, 0.5) is 19.0 Å². The third-order valence-corrected chi connectivity index (χ3v) is 6.71. The standard InChI is InChI=1S/C28H29F3N8O2/c1-15(2)39-25(37-22(27(39)41-4)28(29,30)31)18-7-5-16(6-8-18)12-33-23-19(11-32)13-34-24(38-23)20-21(17-9-10-17)35-14-36-26(20)40-3/h5-8,11,13-15,17,32H,9-10,12H2,1-4H3,(H,33,34,38). The van der Waals surface area contributed by atoms with E-state index in [1.54, 1.807) is 44.3 Å². The van der Waals surface area contributed by atoms with E-state index in [1.165, 1.54) is 25.1 Å². The number of hydrogen-bond donors (Lipinski definition) is 2. The highest BCUT2D eigenvalue weighted by molar-refractivity contribution is 5.84. The first-order chi connectivity index (χ1) is 19.7. The van der Waals surface area contributed by atoms with Crippen molar-refractivity contribution in [3.63, 3.8) is 0 Å². The average molecular weight is 567 g/mol. The molecule has 5 rings (SSSR count). The Bertz CT molecular complexity index is 1560. The summed E-state index contributed by atoms with van der Waals surface area (Å²) in [6.45, 7) is 3.88. The van der Waals surface area contributed by atoms with Crippen molar-refractivity contribution in [2.24, 2.45) is 0 Å². The molecule has 0 atom stereocenters. The van der Waals surface area contributed by atoms with E-state index in [2.05, 4.69) is 30.2 Å². The molecule has 0 spiro atoms. The smallest absolute Gasteiger partial charge is 0.438 e. The molecule has 1 aliphatic carbocycles. The summed E-state index contributed by atoms with van der Waals surface area (Å²) in [7, 11) is 2.74. The number of nitrogens with zero attached hydrogens (tertiary/aromatic N) is 6. The molecule has 214 valence electrons. The van der Waals surface area contributed by atoms with Gasteiger partial charge >= 0.3 is 6.18 Å². The van der Waals surface area contributed by atoms with Crippen LogP contribution in [0.3, 0.4) is 0 Å². The van der Waals surface area contributed by atoms with Crippen LogP contribution in [0.15, 0.2) is 36.8 Å². The van der Waals surface area contributed by atoms with E-state index in [9.17, 15) is 13.2 Å². The Balaban J connectivity index is 1.42. The lowest BCUT2D eigenvalue weighted by Gasteiger charge is -2.16. The molecule has 1 saturated carbocycles. The first kappa shape index (κ1) is 28.0. The van der Waals surface area contributed by atoms with Crippen molar-refractivity contribution in [2.75, 3.05) is 19.5 Å². The first-order valence-corrected chi connectivity index (χ1v) is 13.0. The second kappa shape index (κ2) is 11.1. The molecule has 0 aliphatic heterocycles. The van der Waals surface area contributed by atoms with Crippen LogP contribution in [-0.4, -0.2) is 49.9 Å². The summed E-state index contributed by atoms with van der Waals surface area (Å²) in [4.78, 5) is 21.7. The lowest BCUT2D eigenvalue weighted by molar-refractivity contribution is -0.142. The maximum absolute atomic E-state index is 13.6. The minimum absolute atomic E-state index is 0.167. The Morgan fingerprint density at radius 3 is 2.39 bits per heavy atom. The van der Waals surface area contributed by atoms with E-state index in [0.717, 1.165) is 30.3 Å². The molecule has 0 radical (unpaired) electrons. The third kappa shape index (κ3) is 5.56. The Hall–Kier alpha value is -4.55. The van der Waals surface area contributed by atoms with E-state index in [-0.39, 0.29) is 17.7 Å². The third-order valence-electron chi connectivity index (χ3n) is 6.71. The van der Waals surface area contributed by atoms with Gasteiger partial charge in [-0.15, -0.1) is 0 Å². The molecule has 0 bridgehead atoms. The fraction of sp³-hybridized carbons (Fsp3) is 0.357. The molecule has 4 aromatic rings. The lowest BCUT2D eigenvalue weighted by Crippen LogP contribution is -2.10. The van der Waals surface area contributed by atoms with Crippen molar-refractivity contribution >= 4 is 12.0 Å². The van der Waals surface area contributed by atoms with Gasteiger partial charge in [-0.05, 0) is 32.3 Å². The fourth-order valence-corrected chi connectivity index (χ4v) is 4.61. The zero-order valence-electron chi connectivity index (χ0n) is 23.0. The van der Waals surface area contributed by atoms with Gasteiger partial charge in [0.05, 0.1) is 25.5 Å². The van der Waals surface area contributed by atoms with Gasteiger partial charge in [-0.1, -0.05) is 24.3 Å². The second-order valence-electron chi connectivity index (χ2n) is 9.86. The Labute approximate surface area is 234 Å². The monoisotopic (exact) mass is 566 g/mol. The molecule has 1 aromatic carbocycles. The predicted molar refractivity (Wildman–Crippen MR) is 146 cm³/mol. The van der Waals surface area contributed by atoms with E-state index >= 15 is 0 Å². The number of ether oxygens (including phenoxy) is 2. The molecule has 1 fully saturated rings. The van der Waals surface area contributed by atoms with Gasteiger partial charge in [0.2, 0.25) is 17.5 Å². The van der Waals surface area contributed by atoms with Gasteiger partial charge in [0.1, 0.15) is 23.5 Å². The largest absolute Gasteiger partial charge is 0.481 e. The summed E-state index contributed by atoms with van der Waals surface area (Å²) >= 11 is 0. The Morgan fingerprint density at radius 2 is 1.80 bits per heavy atom. The van der Waals surface area contributed by atoms with Gasteiger partial charge in [0.15, 0.2) is 5.82 Å². The van der Waals surface area contributed by atoms with Crippen molar-refractivity contribution in [1.82, 2.24) is 29.5 Å². The molecule has 2 N–H and O–H groups in total. The molecular weight excluding hydrogens is 537 g/mol. The topological polar surface area (TPSA) is 124 Å².